The van der Waals surface area contributed by atoms with E-state index in [1.54, 1.807) is 4.57 Å². The first-order valence-electron chi connectivity index (χ1n) is 10.1. The van der Waals surface area contributed by atoms with Crippen LogP contribution in [-0.4, -0.2) is 33.7 Å². The summed E-state index contributed by atoms with van der Waals surface area (Å²) in [5.74, 6) is 0.604. The van der Waals surface area contributed by atoms with Gasteiger partial charge in [0.15, 0.2) is 0 Å². The van der Waals surface area contributed by atoms with E-state index >= 15 is 0 Å². The molecule has 2 aromatic heterocycles. The fourth-order valence-corrected chi connectivity index (χ4v) is 3.88. The van der Waals surface area contributed by atoms with Crippen molar-refractivity contribution >= 4 is 17.0 Å². The zero-order chi connectivity index (χ0) is 19.5. The molecule has 28 heavy (non-hydrogen) atoms. The summed E-state index contributed by atoms with van der Waals surface area (Å²) in [5.41, 5.74) is 3.48. The molecule has 0 amide bonds. The van der Waals surface area contributed by atoms with Crippen LogP contribution in [0.25, 0.3) is 22.2 Å². The molecule has 0 atom stereocenters. The normalized spacial score (nSPS) is 15.1. The van der Waals surface area contributed by atoms with Crippen molar-refractivity contribution in [3.05, 3.63) is 52.4 Å². The van der Waals surface area contributed by atoms with Gasteiger partial charge in [-0.25, -0.2) is 4.98 Å². The number of hydrogen-bond acceptors (Lipinski definition) is 5. The Kier molecular flexibility index (Phi) is 5.39. The van der Waals surface area contributed by atoms with Crippen LogP contribution in [0.4, 0.5) is 5.95 Å². The lowest BCUT2D eigenvalue weighted by atomic mass is 10.0. The molecule has 1 fully saturated rings. The van der Waals surface area contributed by atoms with Crippen molar-refractivity contribution in [1.82, 2.24) is 19.9 Å². The zero-order valence-corrected chi connectivity index (χ0v) is 16.5. The molecule has 0 aliphatic carbocycles. The molecule has 1 aromatic carbocycles. The van der Waals surface area contributed by atoms with Gasteiger partial charge in [0.05, 0.1) is 0 Å². The highest BCUT2D eigenvalue weighted by molar-refractivity contribution is 5.82. The number of benzene rings is 1. The molecular formula is C22H27N5O. The van der Waals surface area contributed by atoms with Crippen molar-refractivity contribution in [2.45, 2.75) is 45.7 Å². The molecule has 0 radical (unpaired) electrons. The molecule has 1 aliphatic heterocycles. The van der Waals surface area contributed by atoms with E-state index in [2.05, 4.69) is 22.5 Å². The van der Waals surface area contributed by atoms with Gasteiger partial charge in [0.1, 0.15) is 5.65 Å². The van der Waals surface area contributed by atoms with Crippen LogP contribution in [0.3, 0.4) is 0 Å². The molecule has 1 aliphatic rings. The predicted molar refractivity (Wildman–Crippen MR) is 114 cm³/mol. The number of nitrogens with zero attached hydrogens (tertiary/aromatic N) is 3. The Labute approximate surface area is 165 Å². The van der Waals surface area contributed by atoms with Gasteiger partial charge in [-0.15, -0.1) is 0 Å². The van der Waals surface area contributed by atoms with Gasteiger partial charge in [0.2, 0.25) is 5.95 Å². The smallest absolute Gasteiger partial charge is 0.260 e. The van der Waals surface area contributed by atoms with Crippen molar-refractivity contribution in [2.24, 2.45) is 0 Å². The van der Waals surface area contributed by atoms with E-state index in [0.29, 0.717) is 29.7 Å². The van der Waals surface area contributed by atoms with E-state index in [1.807, 2.05) is 43.5 Å². The average Bonchev–Trinajstić information content (AvgIpc) is 2.71. The summed E-state index contributed by atoms with van der Waals surface area (Å²) in [6.07, 6.45) is 4.80. The Balaban J connectivity index is 1.81. The highest BCUT2D eigenvalue weighted by Crippen LogP contribution is 2.24. The van der Waals surface area contributed by atoms with Crippen LogP contribution in [0.2, 0.25) is 0 Å². The Morgan fingerprint density at radius 2 is 2.00 bits per heavy atom. The summed E-state index contributed by atoms with van der Waals surface area (Å²) in [5, 5.41) is 7.69. The molecule has 146 valence electrons. The maximum Gasteiger partial charge on any atom is 0.260 e. The minimum Gasteiger partial charge on any atom is -0.351 e. The molecule has 6 heteroatoms. The van der Waals surface area contributed by atoms with Gasteiger partial charge in [-0.05, 0) is 56.5 Å². The van der Waals surface area contributed by atoms with Gasteiger partial charge >= 0.3 is 0 Å². The van der Waals surface area contributed by atoms with Gasteiger partial charge in [-0.1, -0.05) is 31.2 Å². The molecule has 1 saturated heterocycles. The topological polar surface area (TPSA) is 71.8 Å². The summed E-state index contributed by atoms with van der Waals surface area (Å²) >= 11 is 0. The third-order valence-electron chi connectivity index (χ3n) is 5.38. The maximum atomic E-state index is 13.3. The SMILES string of the molecule is CCCn1c(=O)c(-c2ccccc2C)cc2cnc(NC3CCNCC3)nc21. The second-order valence-electron chi connectivity index (χ2n) is 7.47. The highest BCUT2D eigenvalue weighted by Gasteiger charge is 2.17. The maximum absolute atomic E-state index is 13.3. The minimum absolute atomic E-state index is 0.00941. The number of aryl methyl sites for hydroxylation is 2. The lowest BCUT2D eigenvalue weighted by Gasteiger charge is -2.23. The Bertz CT molecular complexity index is 1040. The van der Waals surface area contributed by atoms with E-state index in [1.165, 1.54) is 0 Å². The standard InChI is InChI=1S/C22H27N5O/c1-3-12-27-20-16(13-19(21(27)28)18-7-5-4-6-15(18)2)14-24-22(26-20)25-17-8-10-23-11-9-17/h4-7,13-14,17,23H,3,8-12H2,1-2H3,(H,24,25,26). The highest BCUT2D eigenvalue weighted by atomic mass is 16.1. The van der Waals surface area contributed by atoms with E-state index in [-0.39, 0.29) is 5.56 Å². The molecule has 4 rings (SSSR count). The molecule has 0 unspecified atom stereocenters. The Hall–Kier alpha value is -2.73. The lowest BCUT2D eigenvalue weighted by Crippen LogP contribution is -2.35. The first kappa shape index (κ1) is 18.6. The summed E-state index contributed by atoms with van der Waals surface area (Å²) in [4.78, 5) is 22.6. The zero-order valence-electron chi connectivity index (χ0n) is 16.5. The number of pyridine rings is 1. The van der Waals surface area contributed by atoms with Gasteiger partial charge in [0.25, 0.3) is 5.56 Å². The molecule has 6 nitrogen and oxygen atoms in total. The third-order valence-corrected chi connectivity index (χ3v) is 5.38. The largest absolute Gasteiger partial charge is 0.351 e. The van der Waals surface area contributed by atoms with Crippen LogP contribution in [0, 0.1) is 6.92 Å². The van der Waals surface area contributed by atoms with Crippen molar-refractivity contribution in [2.75, 3.05) is 18.4 Å². The van der Waals surface area contributed by atoms with Gasteiger partial charge in [-0.3, -0.25) is 9.36 Å². The number of hydrogen-bond donors (Lipinski definition) is 2. The monoisotopic (exact) mass is 377 g/mol. The second-order valence-corrected chi connectivity index (χ2v) is 7.47. The summed E-state index contributed by atoms with van der Waals surface area (Å²) in [6, 6.07) is 10.3. The molecule has 2 N–H and O–H groups in total. The molecule has 0 spiro atoms. The molecular weight excluding hydrogens is 350 g/mol. The quantitative estimate of drug-likeness (QED) is 0.713. The molecule has 0 bridgehead atoms. The van der Waals surface area contributed by atoms with Crippen LogP contribution >= 0.6 is 0 Å². The predicted octanol–water partition coefficient (Wildman–Crippen LogP) is 3.34. The average molecular weight is 377 g/mol. The summed E-state index contributed by atoms with van der Waals surface area (Å²) < 4.78 is 1.80. The number of anilines is 1. The first-order chi connectivity index (χ1) is 13.7. The number of piperidine rings is 1. The number of fused-ring (bicyclic) bond motifs is 1. The van der Waals surface area contributed by atoms with Crippen LogP contribution in [0.15, 0.2) is 41.3 Å². The van der Waals surface area contributed by atoms with Crippen LogP contribution in [-0.2, 0) is 6.54 Å². The second kappa shape index (κ2) is 8.10. The minimum atomic E-state index is 0.00941. The molecule has 0 saturated carbocycles. The number of nitrogens with one attached hydrogen (secondary N) is 2. The molecule has 3 aromatic rings. The van der Waals surface area contributed by atoms with E-state index < -0.39 is 0 Å². The van der Waals surface area contributed by atoms with Crippen molar-refractivity contribution in [3.63, 3.8) is 0 Å². The van der Waals surface area contributed by atoms with E-state index in [4.69, 9.17) is 4.98 Å². The van der Waals surface area contributed by atoms with E-state index in [9.17, 15) is 4.79 Å². The first-order valence-corrected chi connectivity index (χ1v) is 10.1. The lowest BCUT2D eigenvalue weighted by molar-refractivity contribution is 0.477. The molecule has 3 heterocycles. The number of aromatic nitrogens is 3. The van der Waals surface area contributed by atoms with Crippen molar-refractivity contribution < 1.29 is 0 Å². The van der Waals surface area contributed by atoms with Crippen LogP contribution in [0.1, 0.15) is 31.7 Å². The fourth-order valence-electron chi connectivity index (χ4n) is 3.88. The van der Waals surface area contributed by atoms with Crippen molar-refractivity contribution in [1.29, 1.82) is 0 Å². The third kappa shape index (κ3) is 3.64. The van der Waals surface area contributed by atoms with Crippen molar-refractivity contribution in [3.8, 4) is 11.1 Å². The summed E-state index contributed by atoms with van der Waals surface area (Å²) in [7, 11) is 0. The van der Waals surface area contributed by atoms with Crippen LogP contribution in [0.5, 0.6) is 0 Å². The number of rotatable bonds is 5. The van der Waals surface area contributed by atoms with Gasteiger partial charge in [0, 0.05) is 29.7 Å². The van der Waals surface area contributed by atoms with Crippen LogP contribution < -0.4 is 16.2 Å². The summed E-state index contributed by atoms with van der Waals surface area (Å²) in [6.45, 7) is 6.76. The fraction of sp³-hybridized carbons (Fsp3) is 0.409. The Morgan fingerprint density at radius 3 is 2.75 bits per heavy atom. The Morgan fingerprint density at radius 1 is 1.21 bits per heavy atom. The van der Waals surface area contributed by atoms with Gasteiger partial charge < -0.3 is 10.6 Å². The van der Waals surface area contributed by atoms with E-state index in [0.717, 1.165) is 48.9 Å². The van der Waals surface area contributed by atoms with Gasteiger partial charge in [-0.2, -0.15) is 4.98 Å².